The molecule has 3 saturated carbocycles. The van der Waals surface area contributed by atoms with Gasteiger partial charge in [0.05, 0.1) is 0 Å². The lowest BCUT2D eigenvalue weighted by atomic mass is 9.45. The first kappa shape index (κ1) is 15.3. The maximum Gasteiger partial charge on any atom is 0.0468 e. The van der Waals surface area contributed by atoms with Gasteiger partial charge in [-0.05, 0) is 81.7 Å². The monoisotopic (exact) mass is 267 g/mol. The van der Waals surface area contributed by atoms with Crippen LogP contribution in [0.25, 0.3) is 0 Å². The second-order valence-corrected chi connectivity index (χ2v) is 7.26. The summed E-state index contributed by atoms with van der Waals surface area (Å²) in [5.74, 6) is 2.97. The van der Waals surface area contributed by atoms with E-state index in [9.17, 15) is 0 Å². The van der Waals surface area contributed by atoms with Crippen molar-refractivity contribution < 1.29 is 4.74 Å². The zero-order valence-electron chi connectivity index (χ0n) is 13.2. The molecule has 3 fully saturated rings. The number of rotatable bonds is 9. The van der Waals surface area contributed by atoms with Crippen LogP contribution < -0.4 is 5.32 Å². The average molecular weight is 267 g/mol. The number of nitrogens with one attached hydrogen (secondary N) is 1. The van der Waals surface area contributed by atoms with E-state index in [0.29, 0.717) is 5.41 Å². The SMILES string of the molecule is CNCCCCCOCC[C@@H]1CC[C@H]2C[C@@H]1C2(C)C. The van der Waals surface area contributed by atoms with Gasteiger partial charge in [-0.2, -0.15) is 0 Å². The summed E-state index contributed by atoms with van der Waals surface area (Å²) >= 11 is 0. The van der Waals surface area contributed by atoms with E-state index < -0.39 is 0 Å². The zero-order valence-corrected chi connectivity index (χ0v) is 13.2. The molecule has 0 spiro atoms. The normalized spacial score (nSPS) is 32.1. The van der Waals surface area contributed by atoms with E-state index in [1.807, 2.05) is 7.05 Å². The van der Waals surface area contributed by atoms with Gasteiger partial charge in [-0.1, -0.05) is 13.8 Å². The minimum atomic E-state index is 0.635. The van der Waals surface area contributed by atoms with Crippen LogP contribution in [0.2, 0.25) is 0 Å². The maximum atomic E-state index is 5.83. The Labute approximate surface area is 119 Å². The molecule has 1 N–H and O–H groups in total. The fourth-order valence-corrected chi connectivity index (χ4v) is 4.33. The molecule has 3 rings (SSSR count). The molecule has 0 aliphatic heterocycles. The highest BCUT2D eigenvalue weighted by Crippen LogP contribution is 2.61. The quantitative estimate of drug-likeness (QED) is 0.641. The first-order valence-corrected chi connectivity index (χ1v) is 8.38. The molecule has 0 radical (unpaired) electrons. The van der Waals surface area contributed by atoms with Gasteiger partial charge in [0.25, 0.3) is 0 Å². The lowest BCUT2D eigenvalue weighted by Gasteiger charge is -2.60. The van der Waals surface area contributed by atoms with Gasteiger partial charge in [0, 0.05) is 13.2 Å². The molecule has 0 unspecified atom stereocenters. The van der Waals surface area contributed by atoms with Crippen molar-refractivity contribution in [3.8, 4) is 0 Å². The molecule has 0 heterocycles. The van der Waals surface area contributed by atoms with Gasteiger partial charge in [0.1, 0.15) is 0 Å². The number of hydrogen-bond donors (Lipinski definition) is 1. The Kier molecular flexibility index (Phi) is 5.70. The summed E-state index contributed by atoms with van der Waals surface area (Å²) in [5.41, 5.74) is 0.635. The summed E-state index contributed by atoms with van der Waals surface area (Å²) in [7, 11) is 2.02. The van der Waals surface area contributed by atoms with E-state index in [1.165, 1.54) is 44.9 Å². The lowest BCUT2D eigenvalue weighted by Crippen LogP contribution is -2.52. The van der Waals surface area contributed by atoms with Crippen LogP contribution in [0.5, 0.6) is 0 Å². The van der Waals surface area contributed by atoms with E-state index in [2.05, 4.69) is 19.2 Å². The highest BCUT2D eigenvalue weighted by Gasteiger charge is 2.53. The molecule has 0 aromatic rings. The number of ether oxygens (including phenoxy) is 1. The Morgan fingerprint density at radius 2 is 1.95 bits per heavy atom. The summed E-state index contributed by atoms with van der Waals surface area (Å²) in [6.45, 7) is 8.07. The van der Waals surface area contributed by atoms with Gasteiger partial charge in [-0.25, -0.2) is 0 Å². The van der Waals surface area contributed by atoms with E-state index in [-0.39, 0.29) is 0 Å². The van der Waals surface area contributed by atoms with Gasteiger partial charge in [0.2, 0.25) is 0 Å². The lowest BCUT2D eigenvalue weighted by molar-refractivity contribution is -0.111. The summed E-state index contributed by atoms with van der Waals surface area (Å²) in [6, 6.07) is 0. The van der Waals surface area contributed by atoms with Crippen molar-refractivity contribution >= 4 is 0 Å². The molecule has 0 aromatic carbocycles. The summed E-state index contributed by atoms with van der Waals surface area (Å²) in [6.07, 6.45) is 9.53. The summed E-state index contributed by atoms with van der Waals surface area (Å²) in [5, 5.41) is 3.19. The third-order valence-corrected chi connectivity index (χ3v) is 5.85. The highest BCUT2D eigenvalue weighted by atomic mass is 16.5. The fraction of sp³-hybridized carbons (Fsp3) is 1.00. The van der Waals surface area contributed by atoms with Crippen molar-refractivity contribution in [2.45, 2.75) is 58.8 Å². The Morgan fingerprint density at radius 3 is 2.63 bits per heavy atom. The largest absolute Gasteiger partial charge is 0.381 e. The first-order valence-electron chi connectivity index (χ1n) is 8.38. The predicted molar refractivity (Wildman–Crippen MR) is 81.3 cm³/mol. The van der Waals surface area contributed by atoms with E-state index >= 15 is 0 Å². The summed E-state index contributed by atoms with van der Waals surface area (Å²) in [4.78, 5) is 0. The molecule has 2 bridgehead atoms. The molecule has 3 aliphatic carbocycles. The predicted octanol–water partition coefficient (Wildman–Crippen LogP) is 3.86. The molecular weight excluding hydrogens is 234 g/mol. The molecule has 2 heteroatoms. The van der Waals surface area contributed by atoms with Crippen LogP contribution >= 0.6 is 0 Å². The van der Waals surface area contributed by atoms with Gasteiger partial charge in [-0.15, -0.1) is 0 Å². The molecule has 3 aliphatic rings. The molecule has 112 valence electrons. The Morgan fingerprint density at radius 1 is 1.11 bits per heavy atom. The third kappa shape index (κ3) is 3.72. The van der Waals surface area contributed by atoms with Crippen molar-refractivity contribution in [3.63, 3.8) is 0 Å². The molecule has 19 heavy (non-hydrogen) atoms. The Balaban J connectivity index is 1.50. The molecular formula is C17H33NO. The standard InChI is InChI=1S/C17H33NO/c1-17(2)15-8-7-14(16(17)13-15)9-12-19-11-6-4-5-10-18-3/h14-16,18H,4-13H2,1-3H3/t14-,15-,16-/m0/s1. The minimum Gasteiger partial charge on any atom is -0.381 e. The van der Waals surface area contributed by atoms with Crippen molar-refractivity contribution in [2.75, 3.05) is 26.8 Å². The number of hydrogen-bond acceptors (Lipinski definition) is 2. The van der Waals surface area contributed by atoms with Crippen molar-refractivity contribution in [3.05, 3.63) is 0 Å². The van der Waals surface area contributed by atoms with Gasteiger partial charge >= 0.3 is 0 Å². The molecule has 0 amide bonds. The topological polar surface area (TPSA) is 21.3 Å². The minimum absolute atomic E-state index is 0.635. The average Bonchev–Trinajstić information content (AvgIpc) is 2.41. The van der Waals surface area contributed by atoms with Crippen LogP contribution in [0.3, 0.4) is 0 Å². The smallest absolute Gasteiger partial charge is 0.0468 e. The van der Waals surface area contributed by atoms with Gasteiger partial charge in [-0.3, -0.25) is 0 Å². The van der Waals surface area contributed by atoms with Crippen LogP contribution in [0.1, 0.15) is 58.8 Å². The fourth-order valence-electron chi connectivity index (χ4n) is 4.33. The van der Waals surface area contributed by atoms with Crippen LogP contribution in [-0.2, 0) is 4.74 Å². The Bertz CT molecular complexity index is 262. The van der Waals surface area contributed by atoms with Crippen LogP contribution in [0, 0.1) is 23.2 Å². The van der Waals surface area contributed by atoms with E-state index in [0.717, 1.165) is 37.5 Å². The van der Waals surface area contributed by atoms with Crippen molar-refractivity contribution in [2.24, 2.45) is 23.2 Å². The maximum absolute atomic E-state index is 5.83. The highest BCUT2D eigenvalue weighted by molar-refractivity contribution is 5.03. The van der Waals surface area contributed by atoms with Crippen LogP contribution in [0.15, 0.2) is 0 Å². The van der Waals surface area contributed by atoms with Crippen molar-refractivity contribution in [1.82, 2.24) is 5.32 Å². The Hall–Kier alpha value is -0.0800. The first-order chi connectivity index (χ1) is 9.16. The van der Waals surface area contributed by atoms with E-state index in [1.54, 1.807) is 0 Å². The third-order valence-electron chi connectivity index (χ3n) is 5.85. The van der Waals surface area contributed by atoms with Crippen LogP contribution in [-0.4, -0.2) is 26.8 Å². The second-order valence-electron chi connectivity index (χ2n) is 7.26. The molecule has 0 aromatic heterocycles. The van der Waals surface area contributed by atoms with Gasteiger partial charge in [0.15, 0.2) is 0 Å². The van der Waals surface area contributed by atoms with Crippen LogP contribution in [0.4, 0.5) is 0 Å². The molecule has 0 saturated heterocycles. The van der Waals surface area contributed by atoms with E-state index in [4.69, 9.17) is 4.74 Å². The molecule has 2 nitrogen and oxygen atoms in total. The number of fused-ring (bicyclic) bond motifs is 2. The zero-order chi connectivity index (χ0) is 13.7. The second kappa shape index (κ2) is 7.08. The number of unbranched alkanes of at least 4 members (excludes halogenated alkanes) is 2. The molecule has 3 atom stereocenters. The summed E-state index contributed by atoms with van der Waals surface area (Å²) < 4.78 is 5.83. The van der Waals surface area contributed by atoms with Gasteiger partial charge < -0.3 is 10.1 Å². The van der Waals surface area contributed by atoms with Crippen molar-refractivity contribution in [1.29, 1.82) is 0 Å².